The zero-order chi connectivity index (χ0) is 17.9. The maximum atomic E-state index is 12.2. The molecule has 6 nitrogen and oxygen atoms in total. The van der Waals surface area contributed by atoms with Gasteiger partial charge in [-0.15, -0.1) is 0 Å². The molecule has 2 aromatic rings. The molecule has 0 aliphatic heterocycles. The number of hydrogen-bond acceptors (Lipinski definition) is 4. The first-order valence-corrected chi connectivity index (χ1v) is 7.81. The number of carboxylic acids is 1. The van der Waals surface area contributed by atoms with E-state index in [9.17, 15) is 14.7 Å². The summed E-state index contributed by atoms with van der Waals surface area (Å²) in [5.41, 5.74) is 4.11. The van der Waals surface area contributed by atoms with Crippen LogP contribution in [0.2, 0.25) is 0 Å². The average molecular weight is 330 g/mol. The molecule has 2 N–H and O–H groups in total. The highest BCUT2D eigenvalue weighted by Gasteiger charge is 2.24. The van der Waals surface area contributed by atoms with Gasteiger partial charge in [-0.3, -0.25) is 4.79 Å². The first kappa shape index (κ1) is 17.7. The molecule has 2 rings (SSSR count). The number of carboxylic acid groups (broad SMARTS) is 1. The molecule has 0 fully saturated rings. The van der Waals surface area contributed by atoms with Gasteiger partial charge < -0.3 is 14.9 Å². The maximum absolute atomic E-state index is 12.2. The number of aliphatic carboxylic acids is 1. The number of nitrogens with one attached hydrogen (secondary N) is 1. The van der Waals surface area contributed by atoms with Crippen LogP contribution in [0.5, 0.6) is 0 Å². The molecule has 0 saturated carbocycles. The summed E-state index contributed by atoms with van der Waals surface area (Å²) in [6, 6.07) is 4.39. The van der Waals surface area contributed by atoms with E-state index >= 15 is 0 Å². The van der Waals surface area contributed by atoms with Crippen LogP contribution < -0.4 is 5.32 Å². The van der Waals surface area contributed by atoms with Crippen LogP contribution in [-0.4, -0.2) is 22.1 Å². The summed E-state index contributed by atoms with van der Waals surface area (Å²) in [5, 5.41) is 16.0. The Bertz CT molecular complexity index is 745. The summed E-state index contributed by atoms with van der Waals surface area (Å²) in [7, 11) is 0. The fourth-order valence-electron chi connectivity index (χ4n) is 2.69. The third-order valence-electron chi connectivity index (χ3n) is 4.29. The third kappa shape index (κ3) is 3.82. The lowest BCUT2D eigenvalue weighted by molar-refractivity contribution is -0.142. The molecular formula is C18H22N2O4. The highest BCUT2D eigenvalue weighted by molar-refractivity contribution is 5.85. The van der Waals surface area contributed by atoms with Crippen LogP contribution in [0.3, 0.4) is 0 Å². The summed E-state index contributed by atoms with van der Waals surface area (Å²) < 4.78 is 5.07. The third-order valence-corrected chi connectivity index (χ3v) is 4.29. The van der Waals surface area contributed by atoms with Gasteiger partial charge in [0, 0.05) is 12.0 Å². The van der Waals surface area contributed by atoms with Gasteiger partial charge >= 0.3 is 5.97 Å². The smallest absolute Gasteiger partial charge is 0.330 e. The quantitative estimate of drug-likeness (QED) is 0.849. The monoisotopic (exact) mass is 330 g/mol. The van der Waals surface area contributed by atoms with Gasteiger partial charge in [-0.25, -0.2) is 4.79 Å². The second-order valence-electron chi connectivity index (χ2n) is 5.93. The number of nitrogens with zero attached hydrogens (tertiary/aromatic N) is 1. The average Bonchev–Trinajstić information content (AvgIpc) is 2.84. The molecule has 6 heteroatoms. The molecule has 0 aliphatic rings. The summed E-state index contributed by atoms with van der Waals surface area (Å²) in [6.07, 6.45) is 0.643. The van der Waals surface area contributed by atoms with Crippen molar-refractivity contribution in [2.24, 2.45) is 0 Å². The molecule has 1 amide bonds. The summed E-state index contributed by atoms with van der Waals surface area (Å²) >= 11 is 0. The lowest BCUT2D eigenvalue weighted by Crippen LogP contribution is -2.34. The Labute approximate surface area is 140 Å². The molecule has 0 saturated heterocycles. The van der Waals surface area contributed by atoms with Gasteiger partial charge in [0.1, 0.15) is 5.76 Å². The molecule has 128 valence electrons. The Hall–Kier alpha value is -2.63. The number of carbonyl (C=O) groups is 2. The molecule has 0 radical (unpaired) electrons. The van der Waals surface area contributed by atoms with Crippen molar-refractivity contribution in [3.05, 3.63) is 51.9 Å². The number of rotatable bonds is 6. The minimum Gasteiger partial charge on any atom is -0.479 e. The second kappa shape index (κ2) is 7.29. The molecule has 0 bridgehead atoms. The van der Waals surface area contributed by atoms with Crippen molar-refractivity contribution in [3.63, 3.8) is 0 Å². The standard InChI is InChI=1S/C18H22N2O4/c1-10-6-5-7-14(11(10)2)17(18(22)23)19-16(21)9-8-15-12(3)20-24-13(15)4/h5-7,17H,8-9H2,1-4H3,(H,19,21)(H,22,23). The molecular weight excluding hydrogens is 308 g/mol. The van der Waals surface area contributed by atoms with Crippen LogP contribution in [0.1, 0.15) is 46.2 Å². The largest absolute Gasteiger partial charge is 0.479 e. The van der Waals surface area contributed by atoms with Crippen molar-refractivity contribution in [3.8, 4) is 0 Å². The Morgan fingerprint density at radius 3 is 2.54 bits per heavy atom. The first-order chi connectivity index (χ1) is 11.3. The topological polar surface area (TPSA) is 92.4 Å². The van der Waals surface area contributed by atoms with Gasteiger partial charge in [0.15, 0.2) is 6.04 Å². The highest BCUT2D eigenvalue weighted by atomic mass is 16.5. The summed E-state index contributed by atoms with van der Waals surface area (Å²) in [4.78, 5) is 23.8. The van der Waals surface area contributed by atoms with Crippen molar-refractivity contribution in [2.45, 2.75) is 46.6 Å². The van der Waals surface area contributed by atoms with E-state index in [2.05, 4.69) is 10.5 Å². The lowest BCUT2D eigenvalue weighted by Gasteiger charge is -2.18. The van der Waals surface area contributed by atoms with Gasteiger partial charge in [0.2, 0.25) is 5.91 Å². The van der Waals surface area contributed by atoms with E-state index in [0.717, 1.165) is 22.4 Å². The summed E-state index contributed by atoms with van der Waals surface area (Å²) in [5.74, 6) is -0.706. The van der Waals surface area contributed by atoms with Crippen molar-refractivity contribution in [1.82, 2.24) is 10.5 Å². The van der Waals surface area contributed by atoms with Crippen molar-refractivity contribution in [1.29, 1.82) is 0 Å². The molecule has 24 heavy (non-hydrogen) atoms. The number of hydrogen-bond donors (Lipinski definition) is 2. The van der Waals surface area contributed by atoms with Crippen LogP contribution in [0.15, 0.2) is 22.7 Å². The van der Waals surface area contributed by atoms with E-state index in [1.807, 2.05) is 26.8 Å². The van der Waals surface area contributed by atoms with Crippen molar-refractivity contribution >= 4 is 11.9 Å². The highest BCUT2D eigenvalue weighted by Crippen LogP contribution is 2.21. The van der Waals surface area contributed by atoms with Crippen LogP contribution in [0.4, 0.5) is 0 Å². The van der Waals surface area contributed by atoms with Crippen molar-refractivity contribution < 1.29 is 19.2 Å². The van der Waals surface area contributed by atoms with E-state index in [1.54, 1.807) is 19.1 Å². The Kier molecular flexibility index (Phi) is 5.39. The maximum Gasteiger partial charge on any atom is 0.330 e. The van der Waals surface area contributed by atoms with E-state index < -0.39 is 12.0 Å². The number of carbonyl (C=O) groups excluding carboxylic acids is 1. The van der Waals surface area contributed by atoms with Gasteiger partial charge in [-0.05, 0) is 50.8 Å². The van der Waals surface area contributed by atoms with E-state index in [0.29, 0.717) is 17.7 Å². The number of amides is 1. The fourth-order valence-corrected chi connectivity index (χ4v) is 2.69. The van der Waals surface area contributed by atoms with Gasteiger partial charge in [0.05, 0.1) is 5.69 Å². The van der Waals surface area contributed by atoms with Crippen LogP contribution >= 0.6 is 0 Å². The van der Waals surface area contributed by atoms with Crippen LogP contribution in [0.25, 0.3) is 0 Å². The van der Waals surface area contributed by atoms with E-state index in [-0.39, 0.29) is 12.3 Å². The van der Waals surface area contributed by atoms with E-state index in [4.69, 9.17) is 4.52 Å². The zero-order valence-corrected chi connectivity index (χ0v) is 14.3. The number of aromatic nitrogens is 1. The van der Waals surface area contributed by atoms with E-state index in [1.165, 1.54) is 0 Å². The minimum absolute atomic E-state index is 0.178. The van der Waals surface area contributed by atoms with Gasteiger partial charge in [-0.1, -0.05) is 23.4 Å². The predicted molar refractivity (Wildman–Crippen MR) is 88.7 cm³/mol. The molecule has 1 aromatic carbocycles. The Morgan fingerprint density at radius 1 is 1.25 bits per heavy atom. The Morgan fingerprint density at radius 2 is 1.96 bits per heavy atom. The molecule has 0 aliphatic carbocycles. The molecule has 1 aromatic heterocycles. The van der Waals surface area contributed by atoms with Crippen molar-refractivity contribution in [2.75, 3.05) is 0 Å². The Balaban J connectivity index is 2.09. The fraction of sp³-hybridized carbons (Fsp3) is 0.389. The molecule has 0 spiro atoms. The molecule has 1 heterocycles. The SMILES string of the molecule is Cc1cccc(C(NC(=O)CCc2c(C)noc2C)C(=O)O)c1C. The van der Waals surface area contributed by atoms with Gasteiger partial charge in [-0.2, -0.15) is 0 Å². The first-order valence-electron chi connectivity index (χ1n) is 7.81. The normalized spacial score (nSPS) is 12.0. The molecule has 1 unspecified atom stereocenters. The zero-order valence-electron chi connectivity index (χ0n) is 14.3. The minimum atomic E-state index is -1.07. The number of benzene rings is 1. The van der Waals surface area contributed by atoms with Gasteiger partial charge in [0.25, 0.3) is 0 Å². The van der Waals surface area contributed by atoms with Crippen LogP contribution in [-0.2, 0) is 16.0 Å². The number of aryl methyl sites for hydroxylation is 3. The summed E-state index contributed by atoms with van der Waals surface area (Å²) in [6.45, 7) is 7.39. The second-order valence-corrected chi connectivity index (χ2v) is 5.93. The lowest BCUT2D eigenvalue weighted by atomic mass is 9.97. The molecule has 1 atom stereocenters. The van der Waals surface area contributed by atoms with Crippen LogP contribution in [0, 0.1) is 27.7 Å². The predicted octanol–water partition coefficient (Wildman–Crippen LogP) is 2.78.